The Kier molecular flexibility index (Phi) is 5.53. The average Bonchev–Trinajstić information content (AvgIpc) is 3.09. The van der Waals surface area contributed by atoms with Gasteiger partial charge in [0.15, 0.2) is 5.70 Å². The largest absolute Gasteiger partial charge is 0.488 e. The molecule has 4 rings (SSSR count). The molecule has 0 unspecified atom stereocenters. The van der Waals surface area contributed by atoms with Crippen LogP contribution in [0.4, 0.5) is 4.39 Å². The predicted octanol–water partition coefficient (Wildman–Crippen LogP) is 5.51. The van der Waals surface area contributed by atoms with Crippen LogP contribution in [0.3, 0.4) is 0 Å². The number of hydrogen-bond donors (Lipinski definition) is 0. The van der Waals surface area contributed by atoms with Crippen molar-refractivity contribution in [3.05, 3.63) is 105 Å². The van der Waals surface area contributed by atoms with Gasteiger partial charge in [-0.1, -0.05) is 52.3 Å². The van der Waals surface area contributed by atoms with Gasteiger partial charge in [0.1, 0.15) is 18.2 Å². The van der Waals surface area contributed by atoms with Crippen LogP contribution in [-0.2, 0) is 16.1 Å². The minimum Gasteiger partial charge on any atom is -0.488 e. The normalized spacial score (nSPS) is 14.6. The number of nitrogens with zero attached hydrogens (tertiary/aromatic N) is 1. The van der Waals surface area contributed by atoms with Gasteiger partial charge in [-0.05, 0) is 48.0 Å². The number of rotatable bonds is 5. The highest BCUT2D eigenvalue weighted by molar-refractivity contribution is 9.10. The Morgan fingerprint density at radius 2 is 1.83 bits per heavy atom. The monoisotopic (exact) mass is 451 g/mol. The van der Waals surface area contributed by atoms with Gasteiger partial charge in [0.2, 0.25) is 5.90 Å². The van der Waals surface area contributed by atoms with Crippen LogP contribution >= 0.6 is 15.9 Å². The lowest BCUT2D eigenvalue weighted by Crippen LogP contribution is -2.05. The first-order valence-corrected chi connectivity index (χ1v) is 9.62. The summed E-state index contributed by atoms with van der Waals surface area (Å²) in [7, 11) is 0. The van der Waals surface area contributed by atoms with Gasteiger partial charge in [0.05, 0.1) is 0 Å². The molecule has 1 heterocycles. The fraction of sp³-hybridized carbons (Fsp3) is 0.0435. The Morgan fingerprint density at radius 3 is 2.62 bits per heavy atom. The van der Waals surface area contributed by atoms with E-state index in [0.29, 0.717) is 23.5 Å². The number of hydrogen-bond acceptors (Lipinski definition) is 4. The molecule has 6 heteroatoms. The van der Waals surface area contributed by atoms with Gasteiger partial charge < -0.3 is 9.47 Å². The maximum atomic E-state index is 13.4. The Bertz CT molecular complexity index is 1120. The third-order valence-electron chi connectivity index (χ3n) is 4.21. The van der Waals surface area contributed by atoms with Crippen LogP contribution < -0.4 is 4.74 Å². The second-order valence-corrected chi connectivity index (χ2v) is 7.22. The van der Waals surface area contributed by atoms with Crippen molar-refractivity contribution >= 4 is 33.9 Å². The highest BCUT2D eigenvalue weighted by Gasteiger charge is 2.24. The van der Waals surface area contributed by atoms with Crippen molar-refractivity contribution in [2.75, 3.05) is 0 Å². The standard InChI is InChI=1S/C23H15BrFNO3/c24-18-10-8-15(9-11-18)14-28-21-7-2-1-4-16(21)13-20-23(27)29-22(26-20)17-5-3-6-19(25)12-17/h1-13H,14H2/b20-13-. The second-order valence-electron chi connectivity index (χ2n) is 6.30. The number of halogens is 2. The van der Waals surface area contributed by atoms with Crippen molar-refractivity contribution in [1.29, 1.82) is 0 Å². The number of carbonyl (C=O) groups excluding carboxylic acids is 1. The van der Waals surface area contributed by atoms with Gasteiger partial charge in [-0.3, -0.25) is 0 Å². The van der Waals surface area contributed by atoms with Crippen LogP contribution in [0, 0.1) is 5.82 Å². The van der Waals surface area contributed by atoms with E-state index in [9.17, 15) is 9.18 Å². The van der Waals surface area contributed by atoms with E-state index in [4.69, 9.17) is 9.47 Å². The van der Waals surface area contributed by atoms with Crippen molar-refractivity contribution in [3.8, 4) is 5.75 Å². The van der Waals surface area contributed by atoms with E-state index in [1.165, 1.54) is 18.2 Å². The molecule has 0 fully saturated rings. The molecule has 3 aromatic carbocycles. The second kappa shape index (κ2) is 8.41. The molecule has 0 aromatic heterocycles. The minimum atomic E-state index is -0.591. The highest BCUT2D eigenvalue weighted by atomic mass is 79.9. The number of aliphatic imine (C=N–C) groups is 1. The van der Waals surface area contributed by atoms with Crippen molar-refractivity contribution in [2.24, 2.45) is 4.99 Å². The molecule has 4 nitrogen and oxygen atoms in total. The van der Waals surface area contributed by atoms with E-state index in [1.54, 1.807) is 12.1 Å². The van der Waals surface area contributed by atoms with E-state index in [2.05, 4.69) is 20.9 Å². The highest BCUT2D eigenvalue weighted by Crippen LogP contribution is 2.25. The summed E-state index contributed by atoms with van der Waals surface area (Å²) in [6.07, 6.45) is 1.60. The Labute approximate surface area is 175 Å². The summed E-state index contributed by atoms with van der Waals surface area (Å²) in [5, 5.41) is 0. The van der Waals surface area contributed by atoms with E-state index in [0.717, 1.165) is 10.0 Å². The Morgan fingerprint density at radius 1 is 1.03 bits per heavy atom. The van der Waals surface area contributed by atoms with Crippen LogP contribution in [0.2, 0.25) is 0 Å². The number of carbonyl (C=O) groups is 1. The summed E-state index contributed by atoms with van der Waals surface area (Å²) >= 11 is 3.41. The number of para-hydroxylation sites is 1. The van der Waals surface area contributed by atoms with E-state index in [-0.39, 0.29) is 11.6 Å². The smallest absolute Gasteiger partial charge is 0.363 e. The number of cyclic esters (lactones) is 1. The molecule has 0 amide bonds. The molecular weight excluding hydrogens is 437 g/mol. The minimum absolute atomic E-state index is 0.0778. The fourth-order valence-corrected chi connectivity index (χ4v) is 3.04. The lowest BCUT2D eigenvalue weighted by atomic mass is 10.1. The molecule has 1 aliphatic rings. The molecule has 0 radical (unpaired) electrons. The van der Waals surface area contributed by atoms with Crippen LogP contribution in [0.15, 0.2) is 88.0 Å². The number of esters is 1. The molecule has 0 N–H and O–H groups in total. The summed E-state index contributed by atoms with van der Waals surface area (Å²) in [5.41, 5.74) is 2.24. The molecule has 0 spiro atoms. The molecule has 1 aliphatic heterocycles. The fourth-order valence-electron chi connectivity index (χ4n) is 2.77. The zero-order valence-corrected chi connectivity index (χ0v) is 16.7. The van der Waals surface area contributed by atoms with Crippen molar-refractivity contribution in [2.45, 2.75) is 6.61 Å². The summed E-state index contributed by atoms with van der Waals surface area (Å²) in [6, 6.07) is 20.9. The lowest BCUT2D eigenvalue weighted by molar-refractivity contribution is -0.129. The zero-order valence-electron chi connectivity index (χ0n) is 15.1. The molecular formula is C23H15BrFNO3. The maximum absolute atomic E-state index is 13.4. The SMILES string of the molecule is O=C1OC(c2cccc(F)c2)=N/C1=C\c1ccccc1OCc1ccc(Br)cc1. The van der Waals surface area contributed by atoms with Gasteiger partial charge in [0.25, 0.3) is 0 Å². The number of benzene rings is 3. The van der Waals surface area contributed by atoms with Gasteiger partial charge >= 0.3 is 5.97 Å². The molecule has 144 valence electrons. The summed E-state index contributed by atoms with van der Waals surface area (Å²) < 4.78 is 25.6. The summed E-state index contributed by atoms with van der Waals surface area (Å²) in [5.74, 6) is -0.323. The molecule has 0 saturated heterocycles. The quantitative estimate of drug-likeness (QED) is 0.379. The predicted molar refractivity (Wildman–Crippen MR) is 112 cm³/mol. The third kappa shape index (κ3) is 4.60. The first-order valence-electron chi connectivity index (χ1n) is 8.83. The van der Waals surface area contributed by atoms with Gasteiger partial charge in [-0.25, -0.2) is 14.2 Å². The Balaban J connectivity index is 1.57. The molecule has 3 aromatic rings. The molecule has 0 aliphatic carbocycles. The van der Waals surface area contributed by atoms with Crippen molar-refractivity contribution < 1.29 is 18.7 Å². The molecule has 0 bridgehead atoms. The molecule has 0 saturated carbocycles. The number of ether oxygens (including phenoxy) is 2. The van der Waals surface area contributed by atoms with Crippen molar-refractivity contribution in [1.82, 2.24) is 0 Å². The average molecular weight is 452 g/mol. The molecule has 0 atom stereocenters. The first kappa shape index (κ1) is 19.1. The lowest BCUT2D eigenvalue weighted by Gasteiger charge is -2.09. The van der Waals surface area contributed by atoms with E-state index in [1.807, 2.05) is 48.5 Å². The van der Waals surface area contributed by atoms with E-state index >= 15 is 0 Å². The maximum Gasteiger partial charge on any atom is 0.363 e. The molecule has 29 heavy (non-hydrogen) atoms. The topological polar surface area (TPSA) is 47.9 Å². The van der Waals surface area contributed by atoms with Gasteiger partial charge in [0, 0.05) is 15.6 Å². The van der Waals surface area contributed by atoms with Gasteiger partial charge in [-0.15, -0.1) is 0 Å². The van der Waals surface area contributed by atoms with Crippen LogP contribution in [0.5, 0.6) is 5.75 Å². The first-order chi connectivity index (χ1) is 14.1. The van der Waals surface area contributed by atoms with Crippen LogP contribution in [0.1, 0.15) is 16.7 Å². The summed E-state index contributed by atoms with van der Waals surface area (Å²) in [4.78, 5) is 16.4. The van der Waals surface area contributed by atoms with Gasteiger partial charge in [-0.2, -0.15) is 0 Å². The Hall–Kier alpha value is -3.25. The zero-order chi connectivity index (χ0) is 20.2. The third-order valence-corrected chi connectivity index (χ3v) is 4.74. The summed E-state index contributed by atoms with van der Waals surface area (Å²) in [6.45, 7) is 0.385. The van der Waals surface area contributed by atoms with Crippen LogP contribution in [-0.4, -0.2) is 11.9 Å². The van der Waals surface area contributed by atoms with Crippen molar-refractivity contribution in [3.63, 3.8) is 0 Å². The van der Waals surface area contributed by atoms with E-state index < -0.39 is 11.8 Å². The van der Waals surface area contributed by atoms with Crippen LogP contribution in [0.25, 0.3) is 6.08 Å².